The fourth-order valence-corrected chi connectivity index (χ4v) is 2.36. The molecule has 1 saturated heterocycles. The monoisotopic (exact) mass is 271 g/mol. The molecule has 5 nitrogen and oxygen atoms in total. The Hall–Kier alpha value is -1.10. The average molecular weight is 271 g/mol. The predicted octanol–water partition coefficient (Wildman–Crippen LogP) is 2.24. The second-order valence-corrected chi connectivity index (χ2v) is 5.98. The van der Waals surface area contributed by atoms with Crippen LogP contribution in [0.3, 0.4) is 0 Å². The first-order valence-electron chi connectivity index (χ1n) is 6.81. The minimum Gasteiger partial charge on any atom is -0.444 e. The third-order valence-electron chi connectivity index (χ3n) is 3.35. The molecule has 1 atom stereocenters. The molecule has 0 N–H and O–H groups in total. The molecule has 1 aliphatic rings. The van der Waals surface area contributed by atoms with Crippen LogP contribution < -0.4 is 0 Å². The summed E-state index contributed by atoms with van der Waals surface area (Å²) < 4.78 is 10.7. The summed E-state index contributed by atoms with van der Waals surface area (Å²) in [6.07, 6.45) is 2.74. The van der Waals surface area contributed by atoms with E-state index < -0.39 is 5.60 Å². The first kappa shape index (κ1) is 16.0. The predicted molar refractivity (Wildman–Crippen MR) is 72.0 cm³/mol. The lowest BCUT2D eigenvalue weighted by Gasteiger charge is -2.35. The Morgan fingerprint density at radius 1 is 1.37 bits per heavy atom. The summed E-state index contributed by atoms with van der Waals surface area (Å²) in [6.45, 7) is 6.92. The van der Waals surface area contributed by atoms with E-state index in [-0.39, 0.29) is 12.2 Å². The van der Waals surface area contributed by atoms with Crippen molar-refractivity contribution in [3.8, 4) is 0 Å². The van der Waals surface area contributed by atoms with Crippen LogP contribution in [0.1, 0.15) is 40.0 Å². The van der Waals surface area contributed by atoms with Crippen molar-refractivity contribution in [2.75, 3.05) is 20.2 Å². The second kappa shape index (κ2) is 6.89. The highest BCUT2D eigenvalue weighted by molar-refractivity contribution is 5.68. The van der Waals surface area contributed by atoms with Crippen molar-refractivity contribution in [3.63, 3.8) is 0 Å². The van der Waals surface area contributed by atoms with Gasteiger partial charge in [0.15, 0.2) is 0 Å². The second-order valence-electron chi connectivity index (χ2n) is 5.98. The van der Waals surface area contributed by atoms with Crippen molar-refractivity contribution in [1.82, 2.24) is 4.90 Å². The number of hydrogen-bond donors (Lipinski definition) is 0. The molecule has 0 spiro atoms. The highest BCUT2D eigenvalue weighted by Gasteiger charge is 2.30. The Bertz CT molecular complexity index is 303. The molecule has 19 heavy (non-hydrogen) atoms. The molecule has 5 heteroatoms. The number of aldehydes is 1. The van der Waals surface area contributed by atoms with E-state index in [2.05, 4.69) is 0 Å². The normalized spacial score (nSPS) is 19.1. The number of carbonyl (C=O) groups is 2. The Morgan fingerprint density at radius 3 is 2.37 bits per heavy atom. The lowest BCUT2D eigenvalue weighted by Crippen LogP contribution is -2.44. The number of methoxy groups -OCH3 is 1. The van der Waals surface area contributed by atoms with Gasteiger partial charge in [-0.1, -0.05) is 0 Å². The van der Waals surface area contributed by atoms with Crippen LogP contribution in [-0.4, -0.2) is 49.2 Å². The SMILES string of the molecule is COC(CC=O)C1CCN(C(=O)OC(C)(C)C)CC1. The van der Waals surface area contributed by atoms with Gasteiger partial charge in [0.05, 0.1) is 6.10 Å². The summed E-state index contributed by atoms with van der Waals surface area (Å²) in [5.41, 5.74) is -0.458. The number of amides is 1. The number of likely N-dealkylation sites (tertiary alicyclic amines) is 1. The van der Waals surface area contributed by atoms with Gasteiger partial charge < -0.3 is 19.2 Å². The zero-order valence-electron chi connectivity index (χ0n) is 12.3. The lowest BCUT2D eigenvalue weighted by molar-refractivity contribution is -0.111. The van der Waals surface area contributed by atoms with E-state index in [1.54, 1.807) is 12.0 Å². The van der Waals surface area contributed by atoms with Gasteiger partial charge in [-0.15, -0.1) is 0 Å². The first-order valence-corrected chi connectivity index (χ1v) is 6.81. The fourth-order valence-electron chi connectivity index (χ4n) is 2.36. The Balaban J connectivity index is 2.44. The molecule has 1 aliphatic heterocycles. The molecule has 0 aliphatic carbocycles. The van der Waals surface area contributed by atoms with Crippen molar-refractivity contribution in [2.24, 2.45) is 5.92 Å². The summed E-state index contributed by atoms with van der Waals surface area (Å²) in [5, 5.41) is 0. The van der Waals surface area contributed by atoms with Crippen molar-refractivity contribution in [2.45, 2.75) is 51.7 Å². The van der Waals surface area contributed by atoms with Crippen LogP contribution in [0.5, 0.6) is 0 Å². The van der Waals surface area contributed by atoms with Crippen molar-refractivity contribution >= 4 is 12.4 Å². The summed E-state index contributed by atoms with van der Waals surface area (Å²) in [6, 6.07) is 0. The molecule has 1 heterocycles. The van der Waals surface area contributed by atoms with Crippen LogP contribution >= 0.6 is 0 Å². The topological polar surface area (TPSA) is 55.8 Å². The van der Waals surface area contributed by atoms with E-state index >= 15 is 0 Å². The van der Waals surface area contributed by atoms with E-state index in [0.717, 1.165) is 19.1 Å². The minimum atomic E-state index is -0.458. The molecule has 1 fully saturated rings. The molecule has 0 bridgehead atoms. The number of carbonyl (C=O) groups excluding carboxylic acids is 2. The van der Waals surface area contributed by atoms with E-state index in [1.165, 1.54) is 0 Å². The van der Waals surface area contributed by atoms with Gasteiger partial charge in [0.1, 0.15) is 11.9 Å². The van der Waals surface area contributed by atoms with E-state index in [0.29, 0.717) is 25.4 Å². The Labute approximate surface area is 115 Å². The molecule has 1 amide bonds. The summed E-state index contributed by atoms with van der Waals surface area (Å²) in [4.78, 5) is 24.2. The van der Waals surface area contributed by atoms with Crippen molar-refractivity contribution < 1.29 is 19.1 Å². The molecular formula is C14H25NO4. The van der Waals surface area contributed by atoms with Crippen molar-refractivity contribution in [3.05, 3.63) is 0 Å². The number of ether oxygens (including phenoxy) is 2. The minimum absolute atomic E-state index is 0.0294. The third-order valence-corrected chi connectivity index (χ3v) is 3.35. The van der Waals surface area contributed by atoms with Crippen LogP contribution in [0.2, 0.25) is 0 Å². The van der Waals surface area contributed by atoms with E-state index in [4.69, 9.17) is 9.47 Å². The lowest BCUT2D eigenvalue weighted by atomic mass is 9.90. The molecule has 0 aromatic rings. The molecular weight excluding hydrogens is 246 g/mol. The van der Waals surface area contributed by atoms with Crippen LogP contribution in [0.15, 0.2) is 0 Å². The maximum Gasteiger partial charge on any atom is 0.410 e. The molecule has 0 aromatic carbocycles. The maximum absolute atomic E-state index is 11.9. The molecule has 0 saturated carbocycles. The maximum atomic E-state index is 11.9. The van der Waals surface area contributed by atoms with E-state index in [1.807, 2.05) is 20.8 Å². The van der Waals surface area contributed by atoms with Crippen LogP contribution in [0, 0.1) is 5.92 Å². The van der Waals surface area contributed by atoms with Gasteiger partial charge in [-0.05, 0) is 39.5 Å². The van der Waals surface area contributed by atoms with Gasteiger partial charge in [-0.2, -0.15) is 0 Å². The Morgan fingerprint density at radius 2 is 1.95 bits per heavy atom. The van der Waals surface area contributed by atoms with Crippen LogP contribution in [0.4, 0.5) is 4.79 Å². The first-order chi connectivity index (χ1) is 8.87. The standard InChI is InChI=1S/C14H25NO4/c1-14(2,3)19-13(17)15-8-5-11(6-9-15)12(18-4)7-10-16/h10-12H,5-9H2,1-4H3. The number of rotatable bonds is 4. The van der Waals surface area contributed by atoms with Gasteiger partial charge in [0.25, 0.3) is 0 Å². The largest absolute Gasteiger partial charge is 0.444 e. The third kappa shape index (κ3) is 5.19. The zero-order valence-corrected chi connectivity index (χ0v) is 12.3. The number of hydrogen-bond acceptors (Lipinski definition) is 4. The smallest absolute Gasteiger partial charge is 0.410 e. The highest BCUT2D eigenvalue weighted by atomic mass is 16.6. The van der Waals surface area contributed by atoms with Crippen LogP contribution in [-0.2, 0) is 14.3 Å². The Kier molecular flexibility index (Phi) is 5.79. The van der Waals surface area contributed by atoms with Gasteiger partial charge in [-0.3, -0.25) is 0 Å². The zero-order chi connectivity index (χ0) is 14.5. The van der Waals surface area contributed by atoms with Gasteiger partial charge in [0, 0.05) is 26.6 Å². The highest BCUT2D eigenvalue weighted by Crippen LogP contribution is 2.25. The number of piperidine rings is 1. The fraction of sp³-hybridized carbons (Fsp3) is 0.857. The van der Waals surface area contributed by atoms with Gasteiger partial charge in [0.2, 0.25) is 0 Å². The summed E-state index contributed by atoms with van der Waals surface area (Å²) in [7, 11) is 1.63. The van der Waals surface area contributed by atoms with Crippen LogP contribution in [0.25, 0.3) is 0 Å². The number of nitrogens with zero attached hydrogens (tertiary/aromatic N) is 1. The quantitative estimate of drug-likeness (QED) is 0.736. The average Bonchev–Trinajstić information content (AvgIpc) is 2.34. The molecule has 1 rings (SSSR count). The van der Waals surface area contributed by atoms with E-state index in [9.17, 15) is 9.59 Å². The summed E-state index contributed by atoms with van der Waals surface area (Å²) >= 11 is 0. The van der Waals surface area contributed by atoms with Gasteiger partial charge in [-0.25, -0.2) is 4.79 Å². The molecule has 0 radical (unpaired) electrons. The van der Waals surface area contributed by atoms with Gasteiger partial charge >= 0.3 is 6.09 Å². The molecule has 1 unspecified atom stereocenters. The summed E-state index contributed by atoms with van der Waals surface area (Å²) in [5.74, 6) is 0.342. The molecule has 110 valence electrons. The molecule has 0 aromatic heterocycles. The van der Waals surface area contributed by atoms with Crippen molar-refractivity contribution in [1.29, 1.82) is 0 Å².